The number of carboxylic acids is 1. The van der Waals surface area contributed by atoms with Crippen LogP contribution in [-0.4, -0.2) is 128 Å². The van der Waals surface area contributed by atoms with Crippen LogP contribution in [0.2, 0.25) is 0 Å². The minimum Gasteiger partial charge on any atom is -0.479 e. The molecule has 1 spiro atoms. The van der Waals surface area contributed by atoms with Gasteiger partial charge in [-0.15, -0.1) is 0 Å². The van der Waals surface area contributed by atoms with Crippen LogP contribution < -0.4 is 0 Å². The van der Waals surface area contributed by atoms with Crippen LogP contribution >= 0.6 is 0 Å². The lowest BCUT2D eigenvalue weighted by molar-refractivity contribution is -0.385. The number of hydrogen-bond donors (Lipinski definition) is 7. The van der Waals surface area contributed by atoms with Crippen molar-refractivity contribution in [1.82, 2.24) is 0 Å². The highest BCUT2D eigenvalue weighted by molar-refractivity contribution is 5.73. The number of aliphatic hydroxyl groups excluding tert-OH is 6. The predicted molar refractivity (Wildman–Crippen MR) is 179 cm³/mol. The van der Waals surface area contributed by atoms with Crippen molar-refractivity contribution in [1.29, 1.82) is 0 Å². The SMILES string of the molecule is C[C@@H]1CC[C@@]2(OC1)OC1CC3C4CC=C5C[C@@H](O[C@@H]6O[C@H](C(=O)O)[C@@H](O)[C@H](O)[C@H]6O[C@@H]6O[C@@H](O)[C@H](O)[C@H](O)[C@H]6O)CC[C@]5(C)C4CC[C@]3(C)C1[C@@H]2C. The smallest absolute Gasteiger partial charge is 0.335 e. The number of ether oxygens (including phenoxy) is 6. The number of carboxylic acid groups (broad SMARTS) is 1. The van der Waals surface area contributed by atoms with E-state index in [9.17, 15) is 40.5 Å². The maximum absolute atomic E-state index is 12.0. The van der Waals surface area contributed by atoms with Crippen LogP contribution in [0.15, 0.2) is 11.6 Å². The average Bonchev–Trinajstić information content (AvgIpc) is 3.56. The molecule has 14 nitrogen and oxygen atoms in total. The van der Waals surface area contributed by atoms with Gasteiger partial charge in [-0.25, -0.2) is 4.79 Å². The molecule has 7 fully saturated rings. The normalized spacial score (nSPS) is 57.4. The molecule has 7 N–H and O–H groups in total. The quantitative estimate of drug-likeness (QED) is 0.199. The van der Waals surface area contributed by atoms with E-state index in [0.717, 1.165) is 51.6 Å². The summed E-state index contributed by atoms with van der Waals surface area (Å²) in [6, 6.07) is 0. The van der Waals surface area contributed by atoms with E-state index in [0.29, 0.717) is 48.3 Å². The van der Waals surface area contributed by atoms with Gasteiger partial charge in [-0.05, 0) is 91.8 Å². The molecule has 4 heterocycles. The summed E-state index contributed by atoms with van der Waals surface area (Å²) in [6.45, 7) is 10.3. The Labute approximate surface area is 304 Å². The summed E-state index contributed by atoms with van der Waals surface area (Å²) in [7, 11) is 0. The minimum atomic E-state index is -1.92. The Kier molecular flexibility index (Phi) is 9.73. The second kappa shape index (κ2) is 13.4. The fourth-order valence-corrected chi connectivity index (χ4v) is 12.3. The van der Waals surface area contributed by atoms with Gasteiger partial charge in [0, 0.05) is 12.3 Å². The molecular formula is C38H58O14. The van der Waals surface area contributed by atoms with Gasteiger partial charge < -0.3 is 64.2 Å². The zero-order chi connectivity index (χ0) is 37.1. The number of fused-ring (bicyclic) bond motifs is 7. The van der Waals surface area contributed by atoms with Crippen LogP contribution in [0, 0.1) is 46.3 Å². The molecule has 0 aromatic carbocycles. The molecule has 0 radical (unpaired) electrons. The molecule has 8 aliphatic rings. The highest BCUT2D eigenvalue weighted by Gasteiger charge is 2.69. The first-order valence-electron chi connectivity index (χ1n) is 19.5. The summed E-state index contributed by atoms with van der Waals surface area (Å²) >= 11 is 0. The minimum absolute atomic E-state index is 0.0338. The maximum atomic E-state index is 12.0. The predicted octanol–water partition coefficient (Wildman–Crippen LogP) is 1.41. The van der Waals surface area contributed by atoms with Gasteiger partial charge in [-0.3, -0.25) is 0 Å². The molecule has 4 aliphatic heterocycles. The molecule has 0 aromatic heterocycles. The Hall–Kier alpha value is -1.27. The van der Waals surface area contributed by atoms with Crippen LogP contribution in [-0.2, 0) is 33.2 Å². The molecular weight excluding hydrogens is 680 g/mol. The Morgan fingerprint density at radius 3 is 2.33 bits per heavy atom. The first-order chi connectivity index (χ1) is 24.6. The second-order valence-corrected chi connectivity index (χ2v) is 18.0. The molecule has 21 atom stereocenters. The Morgan fingerprint density at radius 2 is 1.62 bits per heavy atom. The van der Waals surface area contributed by atoms with Crippen molar-refractivity contribution in [2.24, 2.45) is 46.3 Å². The Morgan fingerprint density at radius 1 is 0.846 bits per heavy atom. The van der Waals surface area contributed by atoms with Crippen LogP contribution in [0.1, 0.15) is 85.5 Å². The lowest BCUT2D eigenvalue weighted by Crippen LogP contribution is -2.65. The van der Waals surface area contributed by atoms with Crippen molar-refractivity contribution in [3.8, 4) is 0 Å². The lowest BCUT2D eigenvalue weighted by Gasteiger charge is -2.58. The van der Waals surface area contributed by atoms with Crippen LogP contribution in [0.4, 0.5) is 0 Å². The number of allylic oxidation sites excluding steroid dienone is 1. The number of aliphatic carboxylic acids is 1. The van der Waals surface area contributed by atoms with Crippen molar-refractivity contribution >= 4 is 5.97 Å². The summed E-state index contributed by atoms with van der Waals surface area (Å²) < 4.78 is 36.4. The maximum Gasteiger partial charge on any atom is 0.335 e. The fraction of sp³-hybridized carbons (Fsp3) is 0.921. The summed E-state index contributed by atoms with van der Waals surface area (Å²) in [5.74, 6) is 1.10. The van der Waals surface area contributed by atoms with Crippen molar-refractivity contribution < 1.29 is 69.0 Å². The van der Waals surface area contributed by atoms with E-state index < -0.39 is 79.5 Å². The van der Waals surface area contributed by atoms with Crippen molar-refractivity contribution in [2.45, 2.75) is 165 Å². The third-order valence-electron chi connectivity index (χ3n) is 15.3. The third-order valence-corrected chi connectivity index (χ3v) is 15.3. The molecule has 0 amide bonds. The standard InChI is InChI=1S/C38H58O14/c1-16-7-12-38(47-15-16)17(2)24-23(52-38)14-22-20-6-5-18-13-19(8-10-36(18,3)21(20)9-11-37(22,24)4)48-35-31(27(41)26(40)30(49-35)32(44)45)50-34-29(43)25(39)28(42)33(46)51-34/h5,16-17,19-31,33-35,39-43,46H,6-15H2,1-4H3,(H,44,45)/t16-,17+,19+,20?,21?,22?,23?,24?,25+,26+,27+,28-,29-,30+,31-,33-,34-,35-,36+,37+,38-/m1/s1. The fourth-order valence-electron chi connectivity index (χ4n) is 12.3. The molecule has 8 rings (SSSR count). The number of hydrogen-bond acceptors (Lipinski definition) is 13. The Bertz CT molecular complexity index is 1380. The molecule has 0 aromatic rings. The average molecular weight is 739 g/mol. The summed E-state index contributed by atoms with van der Waals surface area (Å²) in [5.41, 5.74) is 1.46. The van der Waals surface area contributed by atoms with E-state index in [1.807, 2.05) is 0 Å². The van der Waals surface area contributed by atoms with Gasteiger partial charge in [0.05, 0.1) is 18.8 Å². The number of carbonyl (C=O) groups is 1. The summed E-state index contributed by atoms with van der Waals surface area (Å²) in [6.07, 6.45) is -7.12. The zero-order valence-electron chi connectivity index (χ0n) is 30.5. The van der Waals surface area contributed by atoms with Crippen molar-refractivity contribution in [3.63, 3.8) is 0 Å². The second-order valence-electron chi connectivity index (χ2n) is 18.0. The van der Waals surface area contributed by atoms with Gasteiger partial charge in [0.1, 0.15) is 36.6 Å². The van der Waals surface area contributed by atoms with Crippen molar-refractivity contribution in [3.05, 3.63) is 11.6 Å². The molecule has 294 valence electrons. The third kappa shape index (κ3) is 5.77. The Balaban J connectivity index is 0.973. The van der Waals surface area contributed by atoms with E-state index >= 15 is 0 Å². The van der Waals surface area contributed by atoms with Gasteiger partial charge in [-0.1, -0.05) is 39.3 Å². The number of rotatable bonds is 5. The largest absolute Gasteiger partial charge is 0.479 e. The van der Waals surface area contributed by atoms with E-state index in [1.165, 1.54) is 5.57 Å². The molecule has 52 heavy (non-hydrogen) atoms. The van der Waals surface area contributed by atoms with Crippen LogP contribution in [0.3, 0.4) is 0 Å². The molecule has 4 aliphatic carbocycles. The molecule has 4 saturated heterocycles. The monoisotopic (exact) mass is 738 g/mol. The van der Waals surface area contributed by atoms with Crippen molar-refractivity contribution in [2.75, 3.05) is 6.61 Å². The van der Waals surface area contributed by atoms with Gasteiger partial charge in [0.15, 0.2) is 30.8 Å². The summed E-state index contributed by atoms with van der Waals surface area (Å²) in [4.78, 5) is 12.0. The van der Waals surface area contributed by atoms with Gasteiger partial charge in [0.2, 0.25) is 0 Å². The number of aliphatic hydroxyl groups is 6. The van der Waals surface area contributed by atoms with E-state index in [4.69, 9.17) is 28.4 Å². The van der Waals surface area contributed by atoms with Gasteiger partial charge in [-0.2, -0.15) is 0 Å². The molecule has 14 heteroatoms. The van der Waals surface area contributed by atoms with E-state index in [1.54, 1.807) is 0 Å². The topological polar surface area (TPSA) is 214 Å². The van der Waals surface area contributed by atoms with E-state index in [-0.39, 0.29) is 16.9 Å². The van der Waals surface area contributed by atoms with E-state index in [2.05, 4.69) is 33.8 Å². The first kappa shape index (κ1) is 37.6. The lowest BCUT2D eigenvalue weighted by atomic mass is 9.47. The first-order valence-corrected chi connectivity index (χ1v) is 19.5. The molecule has 0 bridgehead atoms. The van der Waals surface area contributed by atoms with Crippen LogP contribution in [0.5, 0.6) is 0 Å². The van der Waals surface area contributed by atoms with Crippen LogP contribution in [0.25, 0.3) is 0 Å². The highest BCUT2D eigenvalue weighted by Crippen LogP contribution is 2.70. The zero-order valence-corrected chi connectivity index (χ0v) is 30.5. The van der Waals surface area contributed by atoms with Gasteiger partial charge in [0.25, 0.3) is 0 Å². The summed E-state index contributed by atoms with van der Waals surface area (Å²) in [5, 5.41) is 72.0. The van der Waals surface area contributed by atoms with Gasteiger partial charge >= 0.3 is 5.97 Å². The molecule has 5 unspecified atom stereocenters. The highest BCUT2D eigenvalue weighted by atomic mass is 16.8. The molecule has 3 saturated carbocycles.